The zero-order chi connectivity index (χ0) is 17.5. The molecule has 1 saturated carbocycles. The van der Waals surface area contributed by atoms with Crippen LogP contribution >= 0.6 is 0 Å². The van der Waals surface area contributed by atoms with Crippen LogP contribution in [0.15, 0.2) is 0 Å². The number of alkyl carbamates (subject to hydrolysis) is 1. The Morgan fingerprint density at radius 1 is 1.17 bits per heavy atom. The molecule has 1 aliphatic carbocycles. The molecule has 134 valence electrons. The summed E-state index contributed by atoms with van der Waals surface area (Å²) in [6, 6.07) is -0.765. The predicted molar refractivity (Wildman–Crippen MR) is 89.2 cm³/mol. The van der Waals surface area contributed by atoms with Gasteiger partial charge in [0.15, 0.2) is 0 Å². The lowest BCUT2D eigenvalue weighted by molar-refractivity contribution is -0.126. The summed E-state index contributed by atoms with van der Waals surface area (Å²) < 4.78 is 11.1. The van der Waals surface area contributed by atoms with E-state index >= 15 is 0 Å². The Kier molecular flexibility index (Phi) is 7.82. The number of rotatable bonds is 6. The molecule has 0 aromatic heterocycles. The first-order valence-electron chi connectivity index (χ1n) is 8.55. The van der Waals surface area contributed by atoms with Gasteiger partial charge in [-0.2, -0.15) is 0 Å². The summed E-state index contributed by atoms with van der Waals surface area (Å²) in [5.41, 5.74) is -0.608. The van der Waals surface area contributed by atoms with E-state index in [0.29, 0.717) is 12.5 Å². The number of nitrogens with one attached hydrogen (secondary N) is 2. The maximum atomic E-state index is 12.0. The molecule has 1 fully saturated rings. The summed E-state index contributed by atoms with van der Waals surface area (Å²) in [6.45, 7) is 7.78. The van der Waals surface area contributed by atoms with E-state index in [1.807, 2.05) is 0 Å². The summed E-state index contributed by atoms with van der Waals surface area (Å²) in [4.78, 5) is 24.0. The van der Waals surface area contributed by atoms with Crippen molar-refractivity contribution in [2.75, 3.05) is 13.7 Å². The van der Waals surface area contributed by atoms with Gasteiger partial charge in [0.2, 0.25) is 5.91 Å². The number of carbonyl (C=O) groups is 2. The third-order valence-corrected chi connectivity index (χ3v) is 3.99. The molecule has 0 aromatic rings. The average Bonchev–Trinajstić information content (AvgIpc) is 2.49. The Morgan fingerprint density at radius 2 is 1.78 bits per heavy atom. The molecule has 2 N–H and O–H groups in total. The van der Waals surface area contributed by atoms with Gasteiger partial charge in [0.05, 0.1) is 6.10 Å². The molecule has 0 unspecified atom stereocenters. The molecule has 0 aromatic carbocycles. The molecule has 1 rings (SSSR count). The Morgan fingerprint density at radius 3 is 2.30 bits per heavy atom. The van der Waals surface area contributed by atoms with Crippen molar-refractivity contribution in [1.82, 2.24) is 10.6 Å². The van der Waals surface area contributed by atoms with Crippen LogP contribution in [0.4, 0.5) is 4.79 Å². The highest BCUT2D eigenvalue weighted by Crippen LogP contribution is 2.24. The van der Waals surface area contributed by atoms with Crippen molar-refractivity contribution in [1.29, 1.82) is 0 Å². The second kappa shape index (κ2) is 9.11. The van der Waals surface area contributed by atoms with Gasteiger partial charge in [-0.1, -0.05) is 19.3 Å². The molecule has 0 radical (unpaired) electrons. The first kappa shape index (κ1) is 19.7. The molecule has 2 amide bonds. The van der Waals surface area contributed by atoms with Gasteiger partial charge in [0.25, 0.3) is 0 Å². The Hall–Kier alpha value is -1.30. The second-order valence-corrected chi connectivity index (χ2v) is 7.28. The van der Waals surface area contributed by atoms with Crippen molar-refractivity contribution in [3.05, 3.63) is 0 Å². The number of carbonyl (C=O) groups excluding carboxylic acids is 2. The van der Waals surface area contributed by atoms with E-state index in [1.165, 1.54) is 32.1 Å². The van der Waals surface area contributed by atoms with Gasteiger partial charge in [-0.3, -0.25) is 4.79 Å². The van der Waals surface area contributed by atoms with Crippen molar-refractivity contribution in [3.8, 4) is 0 Å². The van der Waals surface area contributed by atoms with Gasteiger partial charge in [-0.25, -0.2) is 4.79 Å². The topological polar surface area (TPSA) is 76.7 Å². The van der Waals surface area contributed by atoms with Gasteiger partial charge in [0.1, 0.15) is 11.6 Å². The van der Waals surface area contributed by atoms with E-state index in [0.717, 1.165) is 0 Å². The van der Waals surface area contributed by atoms with Crippen molar-refractivity contribution in [2.45, 2.75) is 77.5 Å². The third kappa shape index (κ3) is 7.68. The lowest BCUT2D eigenvalue weighted by Crippen LogP contribution is -2.53. The number of ether oxygens (including phenoxy) is 2. The van der Waals surface area contributed by atoms with Crippen LogP contribution in [-0.2, 0) is 14.3 Å². The third-order valence-electron chi connectivity index (χ3n) is 3.99. The number of hydrogen-bond donors (Lipinski definition) is 2. The Bertz CT molecular complexity index is 387. The fourth-order valence-electron chi connectivity index (χ4n) is 2.72. The van der Waals surface area contributed by atoms with E-state index < -0.39 is 23.8 Å². The van der Waals surface area contributed by atoms with E-state index in [1.54, 1.807) is 34.7 Å². The largest absolute Gasteiger partial charge is 0.444 e. The van der Waals surface area contributed by atoms with Gasteiger partial charge < -0.3 is 20.1 Å². The zero-order valence-corrected chi connectivity index (χ0v) is 15.1. The van der Waals surface area contributed by atoms with Crippen molar-refractivity contribution in [3.63, 3.8) is 0 Å². The van der Waals surface area contributed by atoms with Crippen molar-refractivity contribution >= 4 is 12.0 Å². The van der Waals surface area contributed by atoms with Crippen LogP contribution in [0.25, 0.3) is 0 Å². The lowest BCUT2D eigenvalue weighted by Gasteiger charge is -2.28. The summed E-state index contributed by atoms with van der Waals surface area (Å²) in [5.74, 6) is 0.269. The molecular formula is C17H32N2O4. The van der Waals surface area contributed by atoms with Crippen LogP contribution in [0.2, 0.25) is 0 Å². The van der Waals surface area contributed by atoms with Crippen LogP contribution in [0, 0.1) is 5.92 Å². The second-order valence-electron chi connectivity index (χ2n) is 7.28. The summed E-state index contributed by atoms with van der Waals surface area (Å²) >= 11 is 0. The summed E-state index contributed by atoms with van der Waals surface area (Å²) in [6.07, 6.45) is 5.12. The van der Waals surface area contributed by atoms with Gasteiger partial charge in [0, 0.05) is 13.7 Å². The highest BCUT2D eigenvalue weighted by Gasteiger charge is 2.29. The summed E-state index contributed by atoms with van der Waals surface area (Å²) in [5, 5.41) is 5.18. The van der Waals surface area contributed by atoms with Crippen LogP contribution in [0.1, 0.15) is 59.8 Å². The zero-order valence-electron chi connectivity index (χ0n) is 15.1. The van der Waals surface area contributed by atoms with Crippen LogP contribution in [0.3, 0.4) is 0 Å². The predicted octanol–water partition coefficient (Wildman–Crippen LogP) is 2.61. The van der Waals surface area contributed by atoms with E-state index in [9.17, 15) is 9.59 Å². The quantitative estimate of drug-likeness (QED) is 0.786. The monoisotopic (exact) mass is 328 g/mol. The first-order chi connectivity index (χ1) is 10.7. The molecule has 6 heteroatoms. The van der Waals surface area contributed by atoms with Gasteiger partial charge in [-0.15, -0.1) is 0 Å². The van der Waals surface area contributed by atoms with Crippen LogP contribution in [0.5, 0.6) is 0 Å². The number of amides is 2. The molecule has 0 aliphatic heterocycles. The minimum atomic E-state index is -0.765. The molecule has 2 atom stereocenters. The smallest absolute Gasteiger partial charge is 0.408 e. The normalized spacial score (nSPS) is 18.8. The highest BCUT2D eigenvalue weighted by molar-refractivity contribution is 5.86. The standard InChI is InChI=1S/C17H32N2O4/c1-12(22-11-13-9-7-6-8-10-13)14(15(20)18-5)19-16(21)23-17(2,3)4/h12-14H,6-11H2,1-5H3,(H,18,20)(H,19,21)/t12-,14-/m1/s1. The maximum Gasteiger partial charge on any atom is 0.408 e. The summed E-state index contributed by atoms with van der Waals surface area (Å²) in [7, 11) is 1.54. The maximum absolute atomic E-state index is 12.0. The van der Waals surface area contributed by atoms with Crippen LogP contribution in [-0.4, -0.2) is 43.4 Å². The van der Waals surface area contributed by atoms with Gasteiger partial charge >= 0.3 is 6.09 Å². The minimum Gasteiger partial charge on any atom is -0.444 e. The molecule has 6 nitrogen and oxygen atoms in total. The van der Waals surface area contributed by atoms with Crippen molar-refractivity contribution < 1.29 is 19.1 Å². The number of hydrogen-bond acceptors (Lipinski definition) is 4. The van der Waals surface area contributed by atoms with E-state index in [-0.39, 0.29) is 5.91 Å². The Balaban J connectivity index is 2.54. The molecule has 0 spiro atoms. The van der Waals surface area contributed by atoms with E-state index in [4.69, 9.17) is 9.47 Å². The molecule has 0 heterocycles. The molecule has 0 saturated heterocycles. The Labute approximate surface area is 139 Å². The van der Waals surface area contributed by atoms with Crippen LogP contribution < -0.4 is 10.6 Å². The van der Waals surface area contributed by atoms with Gasteiger partial charge in [-0.05, 0) is 46.5 Å². The average molecular weight is 328 g/mol. The lowest BCUT2D eigenvalue weighted by atomic mass is 9.90. The number of likely N-dealkylation sites (N-methyl/N-ethyl adjacent to an activating group) is 1. The van der Waals surface area contributed by atoms with Crippen molar-refractivity contribution in [2.24, 2.45) is 5.92 Å². The van der Waals surface area contributed by atoms with E-state index in [2.05, 4.69) is 10.6 Å². The fourth-order valence-corrected chi connectivity index (χ4v) is 2.72. The molecular weight excluding hydrogens is 296 g/mol. The fraction of sp³-hybridized carbons (Fsp3) is 0.882. The molecule has 0 bridgehead atoms. The first-order valence-corrected chi connectivity index (χ1v) is 8.55. The molecule has 23 heavy (non-hydrogen) atoms. The minimum absolute atomic E-state index is 0.285. The SMILES string of the molecule is CNC(=O)[C@H](NC(=O)OC(C)(C)C)[C@@H](C)OCC1CCCCC1. The highest BCUT2D eigenvalue weighted by atomic mass is 16.6. The molecule has 1 aliphatic rings.